The number of nitrogens with zero attached hydrogens (tertiary/aromatic N) is 3. The van der Waals surface area contributed by atoms with Gasteiger partial charge in [-0.05, 0) is 56.0 Å². The summed E-state index contributed by atoms with van der Waals surface area (Å²) in [6, 6.07) is 7.01. The number of para-hydroxylation sites is 2. The molecule has 0 spiro atoms. The van der Waals surface area contributed by atoms with Crippen LogP contribution < -0.4 is 14.5 Å². The van der Waals surface area contributed by atoms with Crippen molar-refractivity contribution in [2.75, 3.05) is 43.4 Å². The van der Waals surface area contributed by atoms with E-state index in [0.29, 0.717) is 27.8 Å². The number of anilines is 1. The van der Waals surface area contributed by atoms with Crippen molar-refractivity contribution < 1.29 is 37.3 Å². The fourth-order valence-electron chi connectivity index (χ4n) is 4.94. The lowest BCUT2D eigenvalue weighted by Crippen LogP contribution is -3.15. The summed E-state index contributed by atoms with van der Waals surface area (Å²) >= 11 is 6.08. The Bertz CT molecular complexity index is 1450. The van der Waals surface area contributed by atoms with E-state index in [-0.39, 0.29) is 10.9 Å². The van der Waals surface area contributed by atoms with E-state index in [4.69, 9.17) is 22.1 Å². The number of carboxylic acid groups (broad SMARTS) is 1. The first kappa shape index (κ1) is 31.9. The van der Waals surface area contributed by atoms with Crippen LogP contribution in [0.3, 0.4) is 0 Å². The van der Waals surface area contributed by atoms with E-state index in [2.05, 4.69) is 4.99 Å². The number of amides is 1. The Balaban J connectivity index is 0.000000305. The molecular formula is C28H34N4O7S3. The van der Waals surface area contributed by atoms with Crippen molar-refractivity contribution in [2.24, 2.45) is 4.99 Å². The fourth-order valence-corrected chi connectivity index (χ4v) is 6.65. The van der Waals surface area contributed by atoms with E-state index >= 15 is 0 Å². The SMILES string of the molecule is C1CCC2=NCCC[NH+]2CC1.CC(=CC=C1Oc2ccccc2N1CCS(=O)(=O)[O-])C=C1SC(=S)N(CC(=O)O)C1=O. The third kappa shape index (κ3) is 8.74. The van der Waals surface area contributed by atoms with Gasteiger partial charge in [-0.15, -0.1) is 0 Å². The number of carboxylic acids is 1. The van der Waals surface area contributed by atoms with Crippen LogP contribution >= 0.6 is 24.0 Å². The van der Waals surface area contributed by atoms with Gasteiger partial charge in [0.15, 0.2) is 11.6 Å². The molecule has 1 unspecified atom stereocenters. The normalized spacial score (nSPS) is 22.7. The van der Waals surface area contributed by atoms with Crippen molar-refractivity contribution in [3.8, 4) is 5.75 Å². The van der Waals surface area contributed by atoms with Crippen molar-refractivity contribution in [2.45, 2.75) is 39.0 Å². The van der Waals surface area contributed by atoms with Crippen LogP contribution in [0.1, 0.15) is 39.0 Å². The van der Waals surface area contributed by atoms with Crippen molar-refractivity contribution in [1.82, 2.24) is 4.90 Å². The Morgan fingerprint density at radius 3 is 2.74 bits per heavy atom. The lowest BCUT2D eigenvalue weighted by atomic mass is 10.2. The number of allylic oxidation sites excluding steroid dienone is 4. The van der Waals surface area contributed by atoms with Gasteiger partial charge in [-0.25, -0.2) is 13.4 Å². The summed E-state index contributed by atoms with van der Waals surface area (Å²) in [4.78, 5) is 32.4. The molecule has 1 atom stereocenters. The summed E-state index contributed by atoms with van der Waals surface area (Å²) in [7, 11) is -4.41. The van der Waals surface area contributed by atoms with Gasteiger partial charge in [0.25, 0.3) is 5.91 Å². The monoisotopic (exact) mass is 634 g/mol. The Kier molecular flexibility index (Phi) is 11.0. The highest BCUT2D eigenvalue weighted by molar-refractivity contribution is 8.26. The molecular weight excluding hydrogens is 601 g/mol. The molecule has 2 fully saturated rings. The van der Waals surface area contributed by atoms with Gasteiger partial charge in [-0.2, -0.15) is 0 Å². The molecule has 2 N–H and O–H groups in total. The number of thiocarbonyl (C=S) groups is 1. The van der Waals surface area contributed by atoms with Crippen molar-refractivity contribution >= 4 is 61.8 Å². The summed E-state index contributed by atoms with van der Waals surface area (Å²) < 4.78 is 39.1. The molecule has 4 heterocycles. The second-order valence-electron chi connectivity index (χ2n) is 10.2. The highest BCUT2D eigenvalue weighted by Crippen LogP contribution is 2.38. The predicted molar refractivity (Wildman–Crippen MR) is 165 cm³/mol. The van der Waals surface area contributed by atoms with Gasteiger partial charge in [-0.3, -0.25) is 19.4 Å². The van der Waals surface area contributed by atoms with Crippen molar-refractivity contribution in [3.05, 3.63) is 58.9 Å². The molecule has 5 rings (SSSR count). The standard InChI is InChI=1S/C19H18N2O7S3.C9H16N2/c1-12(10-15-18(24)21(11-17(22)23)19(29)30-15)6-7-16-20(8-9-31(25,26)27)13-4-2-3-5-14(13)28-16;1-2-5-9-10-6-4-8-11(9)7-3-1/h2-7,10H,8-9,11H2,1H3,(H,22,23)(H,25,26,27);1-8H2. The minimum atomic E-state index is -4.41. The lowest BCUT2D eigenvalue weighted by Gasteiger charge is -2.21. The quantitative estimate of drug-likeness (QED) is 0.261. The maximum atomic E-state index is 12.4. The second-order valence-corrected chi connectivity index (χ2v) is 13.4. The molecule has 1 aromatic carbocycles. The fraction of sp³-hybridized carbons (Fsp3) is 0.429. The first-order chi connectivity index (χ1) is 20.0. The number of thioether (sulfide) groups is 1. The third-order valence-corrected chi connectivity index (χ3v) is 9.02. The molecule has 42 heavy (non-hydrogen) atoms. The largest absolute Gasteiger partial charge is 0.748 e. The number of hydrogen-bond donors (Lipinski definition) is 2. The average molecular weight is 635 g/mol. The van der Waals surface area contributed by atoms with Crippen LogP contribution in [0, 0.1) is 0 Å². The van der Waals surface area contributed by atoms with Gasteiger partial charge in [0.2, 0.25) is 5.88 Å². The number of hydrogen-bond acceptors (Lipinski definition) is 10. The van der Waals surface area contributed by atoms with E-state index in [0.717, 1.165) is 23.2 Å². The van der Waals surface area contributed by atoms with Crippen molar-refractivity contribution in [3.63, 3.8) is 0 Å². The van der Waals surface area contributed by atoms with Gasteiger partial charge in [0, 0.05) is 25.9 Å². The number of quaternary nitrogens is 1. The predicted octanol–water partition coefficient (Wildman–Crippen LogP) is 2.29. The van der Waals surface area contributed by atoms with Gasteiger partial charge in [0.1, 0.15) is 10.9 Å². The Morgan fingerprint density at radius 2 is 1.98 bits per heavy atom. The van der Waals surface area contributed by atoms with Gasteiger partial charge >= 0.3 is 5.97 Å². The van der Waals surface area contributed by atoms with E-state index in [1.165, 1.54) is 51.0 Å². The number of carbonyl (C=O) groups excluding carboxylic acids is 1. The first-order valence-electron chi connectivity index (χ1n) is 13.7. The van der Waals surface area contributed by atoms with Gasteiger partial charge in [-0.1, -0.05) is 42.2 Å². The zero-order chi connectivity index (χ0) is 30.3. The summed E-state index contributed by atoms with van der Waals surface area (Å²) in [6.07, 6.45) is 11.6. The van der Waals surface area contributed by atoms with Crippen molar-refractivity contribution in [1.29, 1.82) is 0 Å². The van der Waals surface area contributed by atoms with E-state index < -0.39 is 34.3 Å². The van der Waals surface area contributed by atoms with Crippen LogP contribution in [0.4, 0.5) is 5.69 Å². The molecule has 1 amide bonds. The Morgan fingerprint density at radius 1 is 1.21 bits per heavy atom. The molecule has 0 radical (unpaired) electrons. The summed E-state index contributed by atoms with van der Waals surface area (Å²) in [5, 5.41) is 8.90. The maximum Gasteiger partial charge on any atom is 0.323 e. The van der Waals surface area contributed by atoms with Gasteiger partial charge < -0.3 is 19.3 Å². The molecule has 0 aromatic heterocycles. The summed E-state index contributed by atoms with van der Waals surface area (Å²) in [6.45, 7) is 4.94. The number of fused-ring (bicyclic) bond motifs is 2. The minimum absolute atomic E-state index is 0.0740. The van der Waals surface area contributed by atoms with Crippen LogP contribution in [0.5, 0.6) is 5.75 Å². The van der Waals surface area contributed by atoms with Crippen LogP contribution in [-0.4, -0.2) is 83.5 Å². The van der Waals surface area contributed by atoms with Crippen LogP contribution in [0.2, 0.25) is 0 Å². The maximum absolute atomic E-state index is 12.4. The highest BCUT2D eigenvalue weighted by atomic mass is 32.2. The number of nitrogens with one attached hydrogen (secondary N) is 1. The zero-order valence-corrected chi connectivity index (χ0v) is 25.7. The molecule has 0 aliphatic carbocycles. The van der Waals surface area contributed by atoms with Crippen LogP contribution in [-0.2, 0) is 19.7 Å². The summed E-state index contributed by atoms with van der Waals surface area (Å²) in [5.74, 6) is 0.108. The van der Waals surface area contributed by atoms with E-state index in [9.17, 15) is 22.6 Å². The molecule has 0 saturated carbocycles. The zero-order valence-electron chi connectivity index (χ0n) is 23.3. The Hall–Kier alpha value is -3.04. The molecule has 2 saturated heterocycles. The number of aliphatic carboxylic acids is 1. The van der Waals surface area contributed by atoms with Gasteiger partial charge in [0.05, 0.1) is 39.6 Å². The second kappa shape index (κ2) is 14.4. The smallest absolute Gasteiger partial charge is 0.323 e. The molecule has 4 aliphatic rings. The first-order valence-corrected chi connectivity index (χ1v) is 16.5. The molecule has 4 aliphatic heterocycles. The highest BCUT2D eigenvalue weighted by Gasteiger charge is 2.33. The third-order valence-electron chi connectivity index (χ3n) is 6.96. The number of rotatable bonds is 7. The number of ether oxygens (including phenoxy) is 1. The van der Waals surface area contributed by atoms with Crippen LogP contribution in [0.25, 0.3) is 0 Å². The topological polar surface area (TPSA) is 144 Å². The molecule has 1 aromatic rings. The minimum Gasteiger partial charge on any atom is -0.748 e. The van der Waals surface area contributed by atoms with E-state index in [1.807, 2.05) is 0 Å². The molecule has 11 nitrogen and oxygen atoms in total. The van der Waals surface area contributed by atoms with Crippen LogP contribution in [0.15, 0.2) is 63.8 Å². The Labute approximate surface area is 255 Å². The lowest BCUT2D eigenvalue weighted by molar-refractivity contribution is -0.809. The molecule has 0 bridgehead atoms. The molecule has 226 valence electrons. The summed E-state index contributed by atoms with van der Waals surface area (Å²) in [5.41, 5.74) is 1.29. The molecule has 14 heteroatoms. The number of benzene rings is 1. The number of carbonyl (C=O) groups is 2. The average Bonchev–Trinajstić information content (AvgIpc) is 3.29. The number of aliphatic imine (C=N–C) groups is 1. The number of amidine groups is 1. The van der Waals surface area contributed by atoms with E-state index in [1.54, 1.807) is 59.2 Å².